The molecule has 0 aliphatic heterocycles. The highest BCUT2D eigenvalue weighted by atomic mass is 32.2. The van der Waals surface area contributed by atoms with Crippen LogP contribution >= 0.6 is 0 Å². The smallest absolute Gasteiger partial charge is 0.150 e. The van der Waals surface area contributed by atoms with Crippen molar-refractivity contribution in [3.8, 4) is 0 Å². The van der Waals surface area contributed by atoms with E-state index in [2.05, 4.69) is 12.2 Å². The molecule has 0 rings (SSSR count). The molecule has 0 aromatic heterocycles. The van der Waals surface area contributed by atoms with Gasteiger partial charge < -0.3 is 5.32 Å². The Morgan fingerprint density at radius 3 is 2.38 bits per heavy atom. The van der Waals surface area contributed by atoms with E-state index in [-0.39, 0.29) is 0 Å². The van der Waals surface area contributed by atoms with Gasteiger partial charge in [-0.2, -0.15) is 0 Å². The molecule has 0 saturated heterocycles. The first-order valence-corrected chi connectivity index (χ1v) is 8.25. The summed E-state index contributed by atoms with van der Waals surface area (Å²) in [5.41, 5.74) is 0. The minimum atomic E-state index is -2.81. The third kappa shape index (κ3) is 9.16. The maximum atomic E-state index is 11.7. The van der Waals surface area contributed by atoms with Gasteiger partial charge in [-0.3, -0.25) is 0 Å². The number of hydrogen-bond donors (Lipinski definition) is 1. The lowest BCUT2D eigenvalue weighted by Crippen LogP contribution is -2.19. The van der Waals surface area contributed by atoms with Crippen LogP contribution in [0.2, 0.25) is 0 Å². The van der Waals surface area contributed by atoms with Crippen LogP contribution in [0.5, 0.6) is 0 Å². The van der Waals surface area contributed by atoms with Gasteiger partial charge in [0.05, 0.1) is 11.5 Å². The highest BCUT2D eigenvalue weighted by Gasteiger charge is 2.13. The summed E-state index contributed by atoms with van der Waals surface area (Å²) >= 11 is 0. The van der Waals surface area contributed by atoms with E-state index in [1.807, 2.05) is 13.8 Å². The Labute approximate surface area is 101 Å². The Morgan fingerprint density at radius 1 is 1.12 bits per heavy atom. The van der Waals surface area contributed by atoms with Gasteiger partial charge in [-0.05, 0) is 38.3 Å². The lowest BCUT2D eigenvalue weighted by molar-refractivity contribution is 0.558. The number of unbranched alkanes of at least 4 members (excludes halogenated alkanes) is 1. The van der Waals surface area contributed by atoms with Crippen molar-refractivity contribution in [2.75, 3.05) is 24.6 Å². The van der Waals surface area contributed by atoms with Crippen LogP contribution in [-0.2, 0) is 9.84 Å². The van der Waals surface area contributed by atoms with Crippen LogP contribution in [-0.4, -0.2) is 33.0 Å². The molecule has 0 fully saturated rings. The minimum absolute atomic E-state index is 0.295. The Balaban J connectivity index is 3.59. The Kier molecular flexibility index (Phi) is 8.94. The predicted molar refractivity (Wildman–Crippen MR) is 70.5 cm³/mol. The maximum Gasteiger partial charge on any atom is 0.150 e. The molecule has 16 heavy (non-hydrogen) atoms. The molecular weight excluding hydrogens is 222 g/mol. The van der Waals surface area contributed by atoms with Crippen LogP contribution in [0.1, 0.15) is 46.5 Å². The van der Waals surface area contributed by atoms with Crippen molar-refractivity contribution >= 4 is 9.84 Å². The molecule has 98 valence electrons. The van der Waals surface area contributed by atoms with Crippen molar-refractivity contribution in [1.82, 2.24) is 5.32 Å². The number of sulfone groups is 1. The van der Waals surface area contributed by atoms with Crippen LogP contribution in [0.3, 0.4) is 0 Å². The van der Waals surface area contributed by atoms with E-state index in [1.54, 1.807) is 0 Å². The quantitative estimate of drug-likeness (QED) is 0.604. The molecule has 3 nitrogen and oxygen atoms in total. The molecular formula is C12H27NO2S. The van der Waals surface area contributed by atoms with Gasteiger partial charge in [-0.1, -0.05) is 27.2 Å². The molecule has 4 heteroatoms. The Bertz CT molecular complexity index is 250. The van der Waals surface area contributed by atoms with Crippen LogP contribution in [0.15, 0.2) is 0 Å². The average Bonchev–Trinajstić information content (AvgIpc) is 2.22. The summed E-state index contributed by atoms with van der Waals surface area (Å²) in [4.78, 5) is 0. The zero-order valence-electron chi connectivity index (χ0n) is 11.0. The number of hydrogen-bond acceptors (Lipinski definition) is 3. The van der Waals surface area contributed by atoms with Crippen LogP contribution in [0.25, 0.3) is 0 Å². The molecule has 0 saturated carbocycles. The first-order chi connectivity index (χ1) is 7.52. The Hall–Kier alpha value is -0.0900. The van der Waals surface area contributed by atoms with E-state index in [4.69, 9.17) is 0 Å². The van der Waals surface area contributed by atoms with E-state index in [1.165, 1.54) is 0 Å². The maximum absolute atomic E-state index is 11.7. The van der Waals surface area contributed by atoms with Gasteiger partial charge in [0, 0.05) is 0 Å². The van der Waals surface area contributed by atoms with E-state index >= 15 is 0 Å². The second-order valence-corrected chi connectivity index (χ2v) is 6.81. The number of rotatable bonds is 10. The normalized spacial score (nSPS) is 13.9. The fourth-order valence-electron chi connectivity index (χ4n) is 1.51. The highest BCUT2D eigenvalue weighted by molar-refractivity contribution is 7.91. The molecule has 0 heterocycles. The van der Waals surface area contributed by atoms with Crippen molar-refractivity contribution in [2.24, 2.45) is 5.92 Å². The molecule has 0 radical (unpaired) electrons. The van der Waals surface area contributed by atoms with Gasteiger partial charge in [0.2, 0.25) is 0 Å². The monoisotopic (exact) mass is 249 g/mol. The van der Waals surface area contributed by atoms with Crippen LogP contribution in [0.4, 0.5) is 0 Å². The van der Waals surface area contributed by atoms with Crippen LogP contribution in [0, 0.1) is 5.92 Å². The van der Waals surface area contributed by atoms with Crippen molar-refractivity contribution < 1.29 is 8.42 Å². The van der Waals surface area contributed by atoms with Gasteiger partial charge >= 0.3 is 0 Å². The summed E-state index contributed by atoms with van der Waals surface area (Å²) in [5, 5.41) is 3.28. The second kappa shape index (κ2) is 8.99. The highest BCUT2D eigenvalue weighted by Crippen LogP contribution is 2.07. The zero-order valence-corrected chi connectivity index (χ0v) is 11.8. The molecule has 1 N–H and O–H groups in total. The van der Waals surface area contributed by atoms with E-state index in [0.717, 1.165) is 38.8 Å². The first-order valence-electron chi connectivity index (χ1n) is 6.43. The van der Waals surface area contributed by atoms with Gasteiger partial charge in [0.25, 0.3) is 0 Å². The summed E-state index contributed by atoms with van der Waals surface area (Å²) in [6.45, 7) is 8.13. The van der Waals surface area contributed by atoms with Crippen molar-refractivity contribution in [1.29, 1.82) is 0 Å². The number of nitrogens with one attached hydrogen (secondary N) is 1. The summed E-state index contributed by atoms with van der Waals surface area (Å²) in [6, 6.07) is 0. The van der Waals surface area contributed by atoms with Crippen molar-refractivity contribution in [3.05, 3.63) is 0 Å². The minimum Gasteiger partial charge on any atom is -0.317 e. The molecule has 0 aliphatic rings. The summed E-state index contributed by atoms with van der Waals surface area (Å²) in [5.74, 6) is 1.00. The standard InChI is InChI=1S/C12H27NO2S/c1-4-8-13-9-6-7-10-16(14,15)11-12(3)5-2/h12-13H,4-11H2,1-3H3. The summed E-state index contributed by atoms with van der Waals surface area (Å²) in [6.07, 6.45) is 3.82. The first kappa shape index (κ1) is 15.9. The van der Waals surface area contributed by atoms with E-state index < -0.39 is 9.84 Å². The third-order valence-corrected chi connectivity index (χ3v) is 4.71. The summed E-state index contributed by atoms with van der Waals surface area (Å²) in [7, 11) is -2.81. The largest absolute Gasteiger partial charge is 0.317 e. The van der Waals surface area contributed by atoms with Crippen molar-refractivity contribution in [2.45, 2.75) is 46.5 Å². The topological polar surface area (TPSA) is 46.2 Å². The molecule has 0 bridgehead atoms. The molecule has 0 amide bonds. The van der Waals surface area contributed by atoms with Gasteiger partial charge in [-0.15, -0.1) is 0 Å². The zero-order chi connectivity index (χ0) is 12.4. The molecule has 0 aliphatic carbocycles. The molecule has 0 aromatic carbocycles. The van der Waals surface area contributed by atoms with Gasteiger partial charge in [0.1, 0.15) is 0 Å². The molecule has 1 unspecified atom stereocenters. The van der Waals surface area contributed by atoms with Gasteiger partial charge in [0.15, 0.2) is 9.84 Å². The molecule has 1 atom stereocenters. The van der Waals surface area contributed by atoms with Crippen LogP contribution < -0.4 is 5.32 Å². The molecule has 0 aromatic rings. The van der Waals surface area contributed by atoms with Crippen molar-refractivity contribution in [3.63, 3.8) is 0 Å². The van der Waals surface area contributed by atoms with E-state index in [9.17, 15) is 8.42 Å². The lowest BCUT2D eigenvalue weighted by Gasteiger charge is -2.09. The summed E-state index contributed by atoms with van der Waals surface area (Å²) < 4.78 is 23.3. The fraction of sp³-hybridized carbons (Fsp3) is 1.00. The predicted octanol–water partition coefficient (Wildman–Crippen LogP) is 2.23. The molecule has 0 spiro atoms. The van der Waals surface area contributed by atoms with E-state index in [0.29, 0.717) is 17.4 Å². The van der Waals surface area contributed by atoms with Gasteiger partial charge in [-0.25, -0.2) is 8.42 Å². The fourth-order valence-corrected chi connectivity index (χ4v) is 3.42. The third-order valence-electron chi connectivity index (χ3n) is 2.72. The SMILES string of the molecule is CCCNCCCCS(=O)(=O)CC(C)CC. The Morgan fingerprint density at radius 2 is 1.81 bits per heavy atom. The lowest BCUT2D eigenvalue weighted by atomic mass is 10.2. The second-order valence-electron chi connectivity index (χ2n) is 4.58. The average molecular weight is 249 g/mol.